The largest absolute Gasteiger partial charge is 0.452 e. The molecule has 2 aromatic rings. The summed E-state index contributed by atoms with van der Waals surface area (Å²) in [5.74, 6) is -0.686. The molecule has 1 aromatic carbocycles. The summed E-state index contributed by atoms with van der Waals surface area (Å²) in [6, 6.07) is 11.8. The summed E-state index contributed by atoms with van der Waals surface area (Å²) < 4.78 is 6.96. The van der Waals surface area contributed by atoms with Gasteiger partial charge in [-0.1, -0.05) is 30.3 Å². The van der Waals surface area contributed by atoms with Gasteiger partial charge < -0.3 is 10.1 Å². The highest BCUT2D eigenvalue weighted by Gasteiger charge is 2.17. The van der Waals surface area contributed by atoms with E-state index in [9.17, 15) is 9.59 Å². The van der Waals surface area contributed by atoms with Crippen LogP contribution in [-0.4, -0.2) is 34.3 Å². The van der Waals surface area contributed by atoms with E-state index in [1.54, 1.807) is 11.6 Å². The van der Waals surface area contributed by atoms with Gasteiger partial charge in [0.1, 0.15) is 0 Å². The number of aryl methyl sites for hydroxylation is 3. The molecule has 134 valence electrons. The number of aromatic nitrogens is 2. The Labute approximate surface area is 148 Å². The molecule has 0 radical (unpaired) electrons. The lowest BCUT2D eigenvalue weighted by Gasteiger charge is -2.14. The van der Waals surface area contributed by atoms with Gasteiger partial charge in [-0.15, -0.1) is 0 Å². The average Bonchev–Trinajstić information content (AvgIpc) is 2.91. The van der Waals surface area contributed by atoms with Gasteiger partial charge in [0.05, 0.1) is 18.7 Å². The minimum absolute atomic E-state index is 0.184. The molecule has 1 aromatic heterocycles. The molecule has 1 amide bonds. The number of nitrogens with zero attached hydrogens (tertiary/aromatic N) is 2. The summed E-state index contributed by atoms with van der Waals surface area (Å²) >= 11 is 0. The molecular weight excluding hydrogens is 318 g/mol. The maximum Gasteiger partial charge on any atom is 0.308 e. The molecule has 25 heavy (non-hydrogen) atoms. The predicted octanol–water partition coefficient (Wildman–Crippen LogP) is 2.18. The zero-order valence-electron chi connectivity index (χ0n) is 15.0. The molecule has 0 aliphatic heterocycles. The van der Waals surface area contributed by atoms with Crippen LogP contribution in [-0.2, 0) is 27.3 Å². The Morgan fingerprint density at radius 3 is 2.60 bits per heavy atom. The van der Waals surface area contributed by atoms with Gasteiger partial charge in [0, 0.05) is 12.2 Å². The van der Waals surface area contributed by atoms with Crippen molar-refractivity contribution in [3.8, 4) is 0 Å². The Balaban J connectivity index is 1.69. The molecule has 6 nitrogen and oxygen atoms in total. The van der Waals surface area contributed by atoms with Crippen molar-refractivity contribution in [1.29, 1.82) is 0 Å². The van der Waals surface area contributed by atoms with E-state index in [0.717, 1.165) is 23.4 Å². The van der Waals surface area contributed by atoms with Crippen LogP contribution < -0.4 is 5.32 Å². The summed E-state index contributed by atoms with van der Waals surface area (Å²) in [4.78, 5) is 23.9. The van der Waals surface area contributed by atoms with Gasteiger partial charge in [0.2, 0.25) is 0 Å². The first kappa shape index (κ1) is 18.7. The van der Waals surface area contributed by atoms with Gasteiger partial charge in [0.15, 0.2) is 6.10 Å². The van der Waals surface area contributed by atoms with Gasteiger partial charge >= 0.3 is 5.97 Å². The molecule has 0 aliphatic carbocycles. The topological polar surface area (TPSA) is 73.2 Å². The lowest BCUT2D eigenvalue weighted by molar-refractivity contribution is -0.155. The highest BCUT2D eigenvalue weighted by molar-refractivity contribution is 5.83. The van der Waals surface area contributed by atoms with Crippen LogP contribution in [0.25, 0.3) is 0 Å². The summed E-state index contributed by atoms with van der Waals surface area (Å²) in [5, 5.41) is 7.08. The summed E-state index contributed by atoms with van der Waals surface area (Å²) in [6.45, 7) is 6.38. The van der Waals surface area contributed by atoms with Crippen LogP contribution >= 0.6 is 0 Å². The Kier molecular flexibility index (Phi) is 6.74. The molecule has 1 unspecified atom stereocenters. The molecule has 0 aliphatic rings. The SMILES string of the molecule is Cc1cc(C)n(CCC(=O)OC(C)C(=O)NCCc2ccccc2)n1. The molecule has 0 saturated heterocycles. The van der Waals surface area contributed by atoms with E-state index in [1.807, 2.05) is 50.2 Å². The third kappa shape index (κ3) is 6.06. The molecule has 1 heterocycles. The fraction of sp³-hybridized carbons (Fsp3) is 0.421. The Bertz CT molecular complexity index is 710. The second-order valence-electron chi connectivity index (χ2n) is 6.06. The second kappa shape index (κ2) is 9.01. The third-order valence-electron chi connectivity index (χ3n) is 3.86. The van der Waals surface area contributed by atoms with Crippen molar-refractivity contribution in [3.63, 3.8) is 0 Å². The van der Waals surface area contributed by atoms with Crippen molar-refractivity contribution in [2.45, 2.75) is 46.3 Å². The first-order valence-electron chi connectivity index (χ1n) is 8.48. The number of nitrogens with one attached hydrogen (secondary N) is 1. The highest BCUT2D eigenvalue weighted by atomic mass is 16.5. The molecule has 6 heteroatoms. The Morgan fingerprint density at radius 1 is 1.24 bits per heavy atom. The first-order valence-corrected chi connectivity index (χ1v) is 8.48. The van der Waals surface area contributed by atoms with Gasteiger partial charge in [0.25, 0.3) is 5.91 Å². The van der Waals surface area contributed by atoms with Crippen molar-refractivity contribution in [1.82, 2.24) is 15.1 Å². The van der Waals surface area contributed by atoms with Crippen molar-refractivity contribution in [3.05, 3.63) is 53.3 Å². The third-order valence-corrected chi connectivity index (χ3v) is 3.86. The summed E-state index contributed by atoms with van der Waals surface area (Å²) in [7, 11) is 0. The maximum absolute atomic E-state index is 12.0. The highest BCUT2D eigenvalue weighted by Crippen LogP contribution is 2.04. The van der Waals surface area contributed by atoms with Gasteiger partial charge in [-0.25, -0.2) is 0 Å². The summed E-state index contributed by atoms with van der Waals surface area (Å²) in [6.07, 6.45) is 0.123. The number of ether oxygens (including phenoxy) is 1. The van der Waals surface area contributed by atoms with E-state index in [4.69, 9.17) is 4.74 Å². The zero-order chi connectivity index (χ0) is 18.2. The first-order chi connectivity index (χ1) is 12.0. The second-order valence-corrected chi connectivity index (χ2v) is 6.06. The zero-order valence-corrected chi connectivity index (χ0v) is 15.0. The van der Waals surface area contributed by atoms with Crippen LogP contribution in [0, 0.1) is 13.8 Å². The number of hydrogen-bond donors (Lipinski definition) is 1. The van der Waals surface area contributed by atoms with E-state index in [-0.39, 0.29) is 12.3 Å². The van der Waals surface area contributed by atoms with Gasteiger partial charge in [-0.3, -0.25) is 14.3 Å². The minimum Gasteiger partial charge on any atom is -0.452 e. The standard InChI is InChI=1S/C19H25N3O3/c1-14-13-15(2)22(21-14)12-10-18(23)25-16(3)19(24)20-11-9-17-7-5-4-6-8-17/h4-8,13,16H,9-12H2,1-3H3,(H,20,24). The van der Waals surface area contributed by atoms with Crippen molar-refractivity contribution in [2.75, 3.05) is 6.54 Å². The van der Waals surface area contributed by atoms with E-state index < -0.39 is 12.1 Å². The molecule has 0 saturated carbocycles. The number of esters is 1. The van der Waals surface area contributed by atoms with Crippen molar-refractivity contribution < 1.29 is 14.3 Å². The average molecular weight is 343 g/mol. The lowest BCUT2D eigenvalue weighted by atomic mass is 10.1. The van der Waals surface area contributed by atoms with Crippen LogP contribution in [0.3, 0.4) is 0 Å². The van der Waals surface area contributed by atoms with Crippen LogP contribution in [0.5, 0.6) is 0 Å². The van der Waals surface area contributed by atoms with E-state index in [1.165, 1.54) is 0 Å². The normalized spacial score (nSPS) is 11.8. The fourth-order valence-corrected chi connectivity index (χ4v) is 2.53. The van der Waals surface area contributed by atoms with Crippen LogP contribution in [0.2, 0.25) is 0 Å². The van der Waals surface area contributed by atoms with Crippen LogP contribution in [0.1, 0.15) is 30.3 Å². The van der Waals surface area contributed by atoms with Crippen molar-refractivity contribution >= 4 is 11.9 Å². The molecule has 0 fully saturated rings. The lowest BCUT2D eigenvalue weighted by Crippen LogP contribution is -2.37. The number of carbonyl (C=O) groups excluding carboxylic acids is 2. The number of benzene rings is 1. The van der Waals surface area contributed by atoms with Crippen molar-refractivity contribution in [2.24, 2.45) is 0 Å². The van der Waals surface area contributed by atoms with E-state index >= 15 is 0 Å². The molecule has 1 N–H and O–H groups in total. The Morgan fingerprint density at radius 2 is 1.96 bits per heavy atom. The molecule has 2 rings (SSSR count). The minimum atomic E-state index is -0.802. The number of amides is 1. The Hall–Kier alpha value is -2.63. The molecule has 0 bridgehead atoms. The monoisotopic (exact) mass is 343 g/mol. The number of carbonyl (C=O) groups is 2. The smallest absolute Gasteiger partial charge is 0.308 e. The maximum atomic E-state index is 12.0. The molecule has 1 atom stereocenters. The molecule has 0 spiro atoms. The summed E-state index contributed by atoms with van der Waals surface area (Å²) in [5.41, 5.74) is 3.06. The quantitative estimate of drug-likeness (QED) is 0.746. The molecular formula is C19H25N3O3. The van der Waals surface area contributed by atoms with Gasteiger partial charge in [-0.2, -0.15) is 5.10 Å². The van der Waals surface area contributed by atoms with Gasteiger partial charge in [-0.05, 0) is 38.8 Å². The number of hydrogen-bond acceptors (Lipinski definition) is 4. The van der Waals surface area contributed by atoms with E-state index in [0.29, 0.717) is 13.1 Å². The van der Waals surface area contributed by atoms with Crippen LogP contribution in [0.4, 0.5) is 0 Å². The fourth-order valence-electron chi connectivity index (χ4n) is 2.53. The predicted molar refractivity (Wildman–Crippen MR) is 95.0 cm³/mol. The number of rotatable bonds is 8. The van der Waals surface area contributed by atoms with Crippen LogP contribution in [0.15, 0.2) is 36.4 Å². The van der Waals surface area contributed by atoms with E-state index in [2.05, 4.69) is 10.4 Å².